The normalized spacial score (nSPS) is 10.6. The number of thiophene rings is 1. The predicted octanol–water partition coefficient (Wildman–Crippen LogP) is 6.31. The van der Waals surface area contributed by atoms with Gasteiger partial charge in [0.25, 0.3) is 0 Å². The van der Waals surface area contributed by atoms with Gasteiger partial charge in [-0.2, -0.15) is 0 Å². The summed E-state index contributed by atoms with van der Waals surface area (Å²) in [6, 6.07) is 14.0. The highest BCUT2D eigenvalue weighted by molar-refractivity contribution is 7.15. The summed E-state index contributed by atoms with van der Waals surface area (Å²) in [6.07, 6.45) is 0.870. The number of ether oxygens (including phenoxy) is 2. The summed E-state index contributed by atoms with van der Waals surface area (Å²) in [4.78, 5) is 25.2. The molecule has 3 aromatic rings. The minimum absolute atomic E-state index is 0.155. The average molecular weight is 452 g/mol. The lowest BCUT2D eigenvalue weighted by Crippen LogP contribution is -2.15. The van der Waals surface area contributed by atoms with Crippen LogP contribution in [0.15, 0.2) is 47.8 Å². The van der Waals surface area contributed by atoms with Crippen molar-refractivity contribution in [3.8, 4) is 16.9 Å². The van der Waals surface area contributed by atoms with E-state index in [4.69, 9.17) is 9.47 Å². The number of anilines is 1. The Morgan fingerprint density at radius 1 is 1.00 bits per heavy atom. The van der Waals surface area contributed by atoms with Gasteiger partial charge in [-0.1, -0.05) is 42.0 Å². The number of rotatable bonds is 9. The molecule has 0 radical (unpaired) electrons. The Kier molecular flexibility index (Phi) is 8.06. The summed E-state index contributed by atoms with van der Waals surface area (Å²) >= 11 is 1.33. The number of amides is 1. The molecular formula is C26H29NO4S. The Morgan fingerprint density at radius 3 is 2.44 bits per heavy atom. The minimum Gasteiger partial charge on any atom is -0.493 e. The van der Waals surface area contributed by atoms with Crippen molar-refractivity contribution in [2.75, 3.05) is 18.5 Å². The zero-order valence-corrected chi connectivity index (χ0v) is 19.8. The zero-order valence-electron chi connectivity index (χ0n) is 19.0. The van der Waals surface area contributed by atoms with Crippen molar-refractivity contribution >= 4 is 28.2 Å². The van der Waals surface area contributed by atoms with E-state index in [0.717, 1.165) is 33.6 Å². The molecule has 0 atom stereocenters. The van der Waals surface area contributed by atoms with Crippen molar-refractivity contribution in [3.63, 3.8) is 0 Å². The van der Waals surface area contributed by atoms with Crippen LogP contribution in [0.5, 0.6) is 5.75 Å². The van der Waals surface area contributed by atoms with E-state index in [1.54, 1.807) is 6.92 Å². The van der Waals surface area contributed by atoms with Crippen LogP contribution in [0.1, 0.15) is 46.8 Å². The smallest absolute Gasteiger partial charge is 0.341 e. The highest BCUT2D eigenvalue weighted by Gasteiger charge is 2.22. The second kappa shape index (κ2) is 11.0. The molecule has 0 aliphatic rings. The van der Waals surface area contributed by atoms with Gasteiger partial charge in [0.2, 0.25) is 5.91 Å². The molecule has 3 rings (SSSR count). The summed E-state index contributed by atoms with van der Waals surface area (Å²) < 4.78 is 11.1. The van der Waals surface area contributed by atoms with Crippen LogP contribution >= 0.6 is 11.3 Å². The molecule has 0 aliphatic carbocycles. The molecule has 0 aliphatic heterocycles. The molecule has 1 amide bonds. The lowest BCUT2D eigenvalue weighted by Gasteiger charge is -2.11. The summed E-state index contributed by atoms with van der Waals surface area (Å²) in [6.45, 7) is 8.52. The van der Waals surface area contributed by atoms with E-state index >= 15 is 0 Å². The lowest BCUT2D eigenvalue weighted by atomic mass is 10.0. The molecule has 168 valence electrons. The van der Waals surface area contributed by atoms with Gasteiger partial charge in [0, 0.05) is 17.4 Å². The predicted molar refractivity (Wildman–Crippen MR) is 130 cm³/mol. The number of hydrogen-bond acceptors (Lipinski definition) is 5. The van der Waals surface area contributed by atoms with Gasteiger partial charge >= 0.3 is 5.97 Å². The molecule has 5 nitrogen and oxygen atoms in total. The van der Waals surface area contributed by atoms with Gasteiger partial charge in [0.15, 0.2) is 0 Å². The highest BCUT2D eigenvalue weighted by Crippen LogP contribution is 2.36. The van der Waals surface area contributed by atoms with E-state index < -0.39 is 5.97 Å². The third-order valence-electron chi connectivity index (χ3n) is 5.04. The van der Waals surface area contributed by atoms with Crippen LogP contribution in [-0.2, 0) is 9.53 Å². The number of aryl methyl sites for hydroxylation is 3. The van der Waals surface area contributed by atoms with Crippen molar-refractivity contribution in [1.82, 2.24) is 0 Å². The van der Waals surface area contributed by atoms with Crippen LogP contribution in [0.3, 0.4) is 0 Å². The third kappa shape index (κ3) is 5.98. The topological polar surface area (TPSA) is 64.6 Å². The molecule has 0 unspecified atom stereocenters. The van der Waals surface area contributed by atoms with E-state index in [-0.39, 0.29) is 12.5 Å². The molecule has 0 bridgehead atoms. The fourth-order valence-electron chi connectivity index (χ4n) is 3.27. The maximum absolute atomic E-state index is 12.7. The van der Waals surface area contributed by atoms with Crippen LogP contribution in [0.25, 0.3) is 11.1 Å². The Morgan fingerprint density at radius 2 is 1.72 bits per heavy atom. The van der Waals surface area contributed by atoms with Crippen LogP contribution in [-0.4, -0.2) is 25.1 Å². The largest absolute Gasteiger partial charge is 0.493 e. The molecule has 0 spiro atoms. The first-order chi connectivity index (χ1) is 15.4. The SMILES string of the molecule is CCOC(=O)c1c(-c2ccc(C)cc2)csc1NC(=O)CCCOc1cc(C)ccc1C. The van der Waals surface area contributed by atoms with Gasteiger partial charge in [-0.15, -0.1) is 11.3 Å². The number of carbonyl (C=O) groups excluding carboxylic acids is 2. The molecule has 32 heavy (non-hydrogen) atoms. The first-order valence-electron chi connectivity index (χ1n) is 10.7. The van der Waals surface area contributed by atoms with E-state index in [0.29, 0.717) is 30.0 Å². The molecule has 0 saturated heterocycles. The third-order valence-corrected chi connectivity index (χ3v) is 5.93. The number of benzene rings is 2. The molecule has 2 aromatic carbocycles. The van der Waals surface area contributed by atoms with E-state index in [1.807, 2.05) is 68.6 Å². The van der Waals surface area contributed by atoms with Crippen molar-refractivity contribution in [2.24, 2.45) is 0 Å². The van der Waals surface area contributed by atoms with Crippen LogP contribution in [0.4, 0.5) is 5.00 Å². The standard InChI is InChI=1S/C26H29NO4S/c1-5-30-26(29)24-21(20-12-9-17(2)10-13-20)16-32-25(24)27-23(28)7-6-14-31-22-15-18(3)8-11-19(22)4/h8-13,15-16H,5-7,14H2,1-4H3,(H,27,28). The zero-order chi connectivity index (χ0) is 23.1. The average Bonchev–Trinajstić information content (AvgIpc) is 3.17. The molecule has 1 N–H and O–H groups in total. The number of nitrogens with one attached hydrogen (secondary N) is 1. The van der Waals surface area contributed by atoms with Gasteiger partial charge in [-0.3, -0.25) is 4.79 Å². The Hall–Kier alpha value is -3.12. The van der Waals surface area contributed by atoms with Gasteiger partial charge < -0.3 is 14.8 Å². The molecule has 6 heteroatoms. The summed E-state index contributed by atoms with van der Waals surface area (Å²) in [5.74, 6) is 0.256. The van der Waals surface area contributed by atoms with Crippen LogP contribution < -0.4 is 10.1 Å². The maximum atomic E-state index is 12.7. The van der Waals surface area contributed by atoms with Gasteiger partial charge in [0.05, 0.1) is 13.2 Å². The highest BCUT2D eigenvalue weighted by atomic mass is 32.1. The van der Waals surface area contributed by atoms with Crippen molar-refractivity contribution < 1.29 is 19.1 Å². The second-order valence-electron chi connectivity index (χ2n) is 7.71. The Balaban J connectivity index is 1.65. The number of hydrogen-bond donors (Lipinski definition) is 1. The van der Waals surface area contributed by atoms with Gasteiger partial charge in [-0.25, -0.2) is 4.79 Å². The minimum atomic E-state index is -0.433. The number of esters is 1. The Labute approximate surface area is 193 Å². The summed E-state index contributed by atoms with van der Waals surface area (Å²) in [7, 11) is 0. The van der Waals surface area contributed by atoms with E-state index in [1.165, 1.54) is 11.3 Å². The van der Waals surface area contributed by atoms with Crippen molar-refractivity contribution in [1.29, 1.82) is 0 Å². The molecule has 0 saturated carbocycles. The molecule has 0 fully saturated rings. The second-order valence-corrected chi connectivity index (χ2v) is 8.59. The fraction of sp³-hybridized carbons (Fsp3) is 0.308. The monoisotopic (exact) mass is 451 g/mol. The summed E-state index contributed by atoms with van der Waals surface area (Å²) in [5.41, 5.74) is 5.43. The number of carbonyl (C=O) groups is 2. The maximum Gasteiger partial charge on any atom is 0.341 e. The van der Waals surface area contributed by atoms with E-state index in [9.17, 15) is 9.59 Å². The molecule has 1 heterocycles. The van der Waals surface area contributed by atoms with Gasteiger partial charge in [0.1, 0.15) is 16.3 Å². The Bertz CT molecular complexity index is 1090. The van der Waals surface area contributed by atoms with Crippen LogP contribution in [0.2, 0.25) is 0 Å². The first kappa shape index (κ1) is 23.5. The fourth-order valence-corrected chi connectivity index (χ4v) is 4.24. The van der Waals surface area contributed by atoms with Crippen molar-refractivity contribution in [2.45, 2.75) is 40.5 Å². The van der Waals surface area contributed by atoms with Crippen molar-refractivity contribution in [3.05, 3.63) is 70.1 Å². The first-order valence-corrected chi connectivity index (χ1v) is 11.6. The lowest BCUT2D eigenvalue weighted by molar-refractivity contribution is -0.116. The molecular weight excluding hydrogens is 422 g/mol. The van der Waals surface area contributed by atoms with E-state index in [2.05, 4.69) is 5.32 Å². The quantitative estimate of drug-likeness (QED) is 0.306. The summed E-state index contributed by atoms with van der Waals surface area (Å²) in [5, 5.41) is 5.29. The van der Waals surface area contributed by atoms with Gasteiger partial charge in [-0.05, 0) is 56.9 Å². The molecule has 1 aromatic heterocycles. The van der Waals surface area contributed by atoms with Crippen LogP contribution in [0, 0.1) is 20.8 Å².